The van der Waals surface area contributed by atoms with Crippen molar-refractivity contribution in [3.8, 4) is 23.0 Å². The molecule has 0 radical (unpaired) electrons. The Morgan fingerprint density at radius 3 is 1.92 bits per heavy atom. The Kier molecular flexibility index (Phi) is 28.3. The number of rotatable bonds is 25. The van der Waals surface area contributed by atoms with Crippen LogP contribution in [-0.4, -0.2) is 163 Å². The van der Waals surface area contributed by atoms with E-state index in [1.165, 1.54) is 40.0 Å². The van der Waals surface area contributed by atoms with Gasteiger partial charge in [-0.1, -0.05) is 97.1 Å². The van der Waals surface area contributed by atoms with Gasteiger partial charge in [0.1, 0.15) is 47.5 Å². The highest BCUT2D eigenvalue weighted by Crippen LogP contribution is 2.49. The Morgan fingerprint density at radius 2 is 1.21 bits per heavy atom. The van der Waals surface area contributed by atoms with Crippen LogP contribution >= 0.6 is 0 Å². The first kappa shape index (κ1) is 89.3. The summed E-state index contributed by atoms with van der Waals surface area (Å²) in [4.78, 5) is 140. The molecule has 0 bridgehead atoms. The van der Waals surface area contributed by atoms with Gasteiger partial charge >= 0.3 is 5.97 Å². The number of piperazine rings is 1. The smallest absolute Gasteiger partial charge is 0.338 e. The molecule has 4 aliphatic heterocycles. The number of carbonyl (C=O) groups excluding carboxylic acids is 8. The van der Waals surface area contributed by atoms with E-state index in [4.69, 9.17) is 23.4 Å². The van der Waals surface area contributed by atoms with Crippen LogP contribution in [0.2, 0.25) is 0 Å². The highest BCUT2D eigenvalue weighted by molar-refractivity contribution is 6.22. The lowest BCUT2D eigenvalue weighted by atomic mass is 9.75. The van der Waals surface area contributed by atoms with Gasteiger partial charge in [-0.05, 0) is 209 Å². The molecule has 7 amide bonds. The van der Waals surface area contributed by atoms with E-state index in [-0.39, 0.29) is 83.5 Å². The molecule has 4 aromatic heterocycles. The van der Waals surface area contributed by atoms with Crippen molar-refractivity contribution in [3.05, 3.63) is 350 Å². The number of nitrogens with zero attached hydrogens (tertiary/aromatic N) is 9. The standard InChI is InChI=1S/C30H40N4O4.C28H24N4O4.C22H17N3O3.C20H12F2N2O4/c1-4-37-25-19-21-11-14-34-28(24(21)20-26(25)38-5-2)27(22-9-6-7-10-23(22)30(34)36)29(35)31-12-8-13-33-17-15-32(3)16-18-33;1-2-36-28(35)20-12-14-21(15-13-20)30-25(33)18-32-27(34)26-23(16-29-32)22-10-6-7-11-24(22)31(26)17-19-8-4-3-5-9-19;26-21(14-25-15-23-20-9-5-4-8-19(20)22(25)27)24-16-10-12-18(13-11-16)28-17-6-2-1-3-7-17;21-12-4-6-17(16(22)9-12)23-18(25)11-3-5-14-15(8-11)20(27)24(19(14)26)10-13-2-1-7-28-13/h6-7,9-10,19-20,27-28H,4-5,8,11-18H2,1-3H3,(H,31,35);3-16H,2,17-18H2,1H3,(H,30,33);1-13,15H,14H2,(H,24,26);1-9H,10H2,(H,23,25). The second-order valence-corrected chi connectivity index (χ2v) is 31.0. The van der Waals surface area contributed by atoms with Crippen molar-refractivity contribution < 1.29 is 70.5 Å². The van der Waals surface area contributed by atoms with Crippen LogP contribution in [0.5, 0.6) is 23.0 Å². The number of amides is 7. The quantitative estimate of drug-likeness (QED) is 0.0235. The summed E-state index contributed by atoms with van der Waals surface area (Å²) in [6, 6.07) is 68.9. The van der Waals surface area contributed by atoms with Crippen molar-refractivity contribution >= 4 is 97.1 Å². The molecule has 8 heterocycles. The number of benzene rings is 10. The number of fused-ring (bicyclic) bond motifs is 9. The van der Waals surface area contributed by atoms with Crippen LogP contribution in [0, 0.1) is 11.6 Å². The molecule has 10 aromatic carbocycles. The van der Waals surface area contributed by atoms with E-state index < -0.39 is 47.2 Å². The average molecular weight is 1750 g/mol. The maximum absolute atomic E-state index is 13.9. The van der Waals surface area contributed by atoms with Gasteiger partial charge in [0.15, 0.2) is 11.5 Å². The van der Waals surface area contributed by atoms with Crippen molar-refractivity contribution in [2.45, 2.75) is 71.8 Å². The molecule has 18 rings (SSSR count). The zero-order valence-corrected chi connectivity index (χ0v) is 71.7. The summed E-state index contributed by atoms with van der Waals surface area (Å²) in [5.74, 6) is -1.88. The second-order valence-electron chi connectivity index (χ2n) is 31.0. The second kappa shape index (κ2) is 41.3. The number of furan rings is 1. The van der Waals surface area contributed by atoms with Crippen LogP contribution in [0.1, 0.15) is 119 Å². The van der Waals surface area contributed by atoms with Crippen LogP contribution in [0.3, 0.4) is 0 Å². The average Bonchev–Trinajstić information content (AvgIpc) is 1.33. The number of carbonyl (C=O) groups is 8. The van der Waals surface area contributed by atoms with Crippen LogP contribution < -0.4 is 46.6 Å². The molecule has 30 heteroatoms. The lowest BCUT2D eigenvalue weighted by Gasteiger charge is -2.45. The number of anilines is 3. The van der Waals surface area contributed by atoms with Gasteiger partial charge in [-0.15, -0.1) is 0 Å². The number of ether oxygens (including phenoxy) is 4. The normalized spacial score (nSPS) is 14.4. The zero-order valence-electron chi connectivity index (χ0n) is 71.7. The minimum atomic E-state index is -0.926. The van der Waals surface area contributed by atoms with E-state index in [1.54, 1.807) is 92.0 Å². The monoisotopic (exact) mass is 1750 g/mol. The molecule has 14 aromatic rings. The summed E-state index contributed by atoms with van der Waals surface area (Å²) in [6.07, 6.45) is 6.08. The number of imide groups is 1. The predicted molar refractivity (Wildman–Crippen MR) is 486 cm³/mol. The fourth-order valence-corrected chi connectivity index (χ4v) is 16.1. The molecular formula is C100H93F2N13O15. The summed E-state index contributed by atoms with van der Waals surface area (Å²) in [5, 5.41) is 17.5. The third kappa shape index (κ3) is 20.7. The van der Waals surface area contributed by atoms with Gasteiger partial charge in [0.25, 0.3) is 34.7 Å². The van der Waals surface area contributed by atoms with Crippen molar-refractivity contribution in [3.63, 3.8) is 0 Å². The molecule has 1 fully saturated rings. The fourth-order valence-electron chi connectivity index (χ4n) is 16.1. The Labute approximate surface area is 745 Å². The summed E-state index contributed by atoms with van der Waals surface area (Å²) >= 11 is 0. The molecule has 130 heavy (non-hydrogen) atoms. The molecule has 2 unspecified atom stereocenters. The SMILES string of the molecule is CCOC(=O)c1ccc(NC(=O)Cn2ncc3c4ccccc4n(Cc4ccccc4)c3c2=O)cc1.CCOc1cc2c(cc1OCC)C1C(C(=O)NCCCN3CCN(C)CC3)c3ccccc3C(=O)N1CC2.O=C(Cn1cnc2ccccc2c1=O)Nc1ccc(Oc2ccccc2)cc1.O=C(Nc1ccc(F)cc1F)c1ccc2c(c1)C(=O)N(Cc1ccco1)C2=O. The molecule has 4 aliphatic rings. The molecule has 0 aliphatic carbocycles. The minimum Gasteiger partial charge on any atom is -0.490 e. The molecule has 662 valence electrons. The number of halogens is 2. The molecule has 2 atom stereocenters. The number of aromatic nitrogens is 5. The Bertz CT molecular complexity index is 6640. The van der Waals surface area contributed by atoms with E-state index in [0.29, 0.717) is 107 Å². The van der Waals surface area contributed by atoms with Gasteiger partial charge in [-0.25, -0.2) is 23.2 Å². The van der Waals surface area contributed by atoms with Crippen LogP contribution in [0.4, 0.5) is 25.8 Å². The van der Waals surface area contributed by atoms with Gasteiger partial charge in [0, 0.05) is 90.7 Å². The zero-order chi connectivity index (χ0) is 90.9. The Hall–Kier alpha value is -15.6. The number of esters is 1. The maximum atomic E-state index is 13.9. The minimum absolute atomic E-state index is 0.0118. The number of hydrogen-bond donors (Lipinski definition) is 4. The molecule has 28 nitrogen and oxygen atoms in total. The van der Waals surface area contributed by atoms with Gasteiger partial charge in [0.05, 0.1) is 90.4 Å². The number of para-hydroxylation sites is 3. The summed E-state index contributed by atoms with van der Waals surface area (Å²) in [7, 11) is 2.16. The predicted octanol–water partition coefficient (Wildman–Crippen LogP) is 14.7. The van der Waals surface area contributed by atoms with Crippen LogP contribution in [-0.2, 0) is 51.7 Å². The van der Waals surface area contributed by atoms with Gasteiger partial charge < -0.3 is 63.9 Å². The van der Waals surface area contributed by atoms with Gasteiger partial charge in [0.2, 0.25) is 17.7 Å². The van der Waals surface area contributed by atoms with Crippen molar-refractivity contribution in [1.29, 1.82) is 0 Å². The summed E-state index contributed by atoms with van der Waals surface area (Å²) < 4.78 is 58.8. The van der Waals surface area contributed by atoms with Gasteiger partial charge in [-0.3, -0.25) is 52.6 Å². The van der Waals surface area contributed by atoms with Crippen molar-refractivity contribution in [1.82, 2.24) is 48.8 Å². The molecule has 1 saturated heterocycles. The third-order valence-corrected chi connectivity index (χ3v) is 22.4. The highest BCUT2D eigenvalue weighted by Gasteiger charge is 2.47. The fraction of sp³-hybridized carbons (Fsp3) is 0.220. The first-order chi connectivity index (χ1) is 63.2. The topological polar surface area (TPSA) is 322 Å². The molecular weight excluding hydrogens is 1660 g/mol. The Morgan fingerprint density at radius 1 is 0.554 bits per heavy atom. The lowest BCUT2D eigenvalue weighted by molar-refractivity contribution is -0.124. The van der Waals surface area contributed by atoms with Crippen LogP contribution in [0.25, 0.3) is 32.7 Å². The molecule has 0 spiro atoms. The largest absolute Gasteiger partial charge is 0.490 e. The third-order valence-electron chi connectivity index (χ3n) is 22.4. The van der Waals surface area contributed by atoms with E-state index in [9.17, 15) is 56.7 Å². The highest BCUT2D eigenvalue weighted by atomic mass is 19.1. The maximum Gasteiger partial charge on any atom is 0.338 e. The first-order valence-electron chi connectivity index (χ1n) is 42.6. The van der Waals surface area contributed by atoms with Gasteiger partial charge in [-0.2, -0.15) is 5.10 Å². The van der Waals surface area contributed by atoms with Crippen molar-refractivity contribution in [2.24, 2.45) is 0 Å². The Balaban J connectivity index is 0.000000134. The molecule has 4 N–H and O–H groups in total. The number of hydrogen-bond acceptors (Lipinski definition) is 19. The van der Waals surface area contributed by atoms with E-state index in [2.05, 4.69) is 48.2 Å². The summed E-state index contributed by atoms with van der Waals surface area (Å²) in [6.45, 7) is 13.6. The van der Waals surface area contributed by atoms with Crippen LogP contribution in [0.15, 0.2) is 275 Å². The lowest BCUT2D eigenvalue weighted by Crippen LogP contribution is -2.50. The van der Waals surface area contributed by atoms with E-state index in [0.717, 1.165) is 100 Å². The number of likely N-dealkylation sites (N-methyl/N-ethyl adjacent to an activating group) is 1. The number of nitrogens with one attached hydrogen (secondary N) is 4. The first-order valence-corrected chi connectivity index (χ1v) is 42.6. The van der Waals surface area contributed by atoms with Crippen molar-refractivity contribution in [2.75, 3.05) is 88.6 Å². The van der Waals surface area contributed by atoms with E-state index in [1.807, 2.05) is 151 Å². The summed E-state index contributed by atoms with van der Waals surface area (Å²) in [5.41, 5.74) is 7.64. The van der Waals surface area contributed by atoms with E-state index >= 15 is 0 Å². The molecule has 0 saturated carbocycles.